The van der Waals surface area contributed by atoms with E-state index in [9.17, 15) is 30.8 Å². The van der Waals surface area contributed by atoms with Crippen molar-refractivity contribution in [3.63, 3.8) is 0 Å². The molecule has 2 aromatic carbocycles. The predicted octanol–water partition coefficient (Wildman–Crippen LogP) is 3.06. The topological polar surface area (TPSA) is 99.1 Å². The minimum absolute atomic E-state index is 0.0310. The van der Waals surface area contributed by atoms with Crippen LogP contribution in [0.4, 0.5) is 17.6 Å². The van der Waals surface area contributed by atoms with Crippen LogP contribution in [0.1, 0.15) is 11.3 Å². The van der Waals surface area contributed by atoms with Crippen LogP contribution in [0.15, 0.2) is 45.8 Å². The van der Waals surface area contributed by atoms with E-state index >= 15 is 0 Å². The number of imidazole rings is 1. The van der Waals surface area contributed by atoms with Gasteiger partial charge in [-0.15, -0.1) is 0 Å². The van der Waals surface area contributed by atoms with Crippen LogP contribution in [0.3, 0.4) is 0 Å². The summed E-state index contributed by atoms with van der Waals surface area (Å²) in [6.07, 6.45) is 1.56. The molecule has 34 heavy (non-hydrogen) atoms. The highest BCUT2D eigenvalue weighted by Crippen LogP contribution is 2.40. The van der Waals surface area contributed by atoms with Gasteiger partial charge in [-0.1, -0.05) is 17.3 Å². The SMILES string of the molecule is Cc1cc(-c2c(F)cccc2F)c2c(-n3cc4n(c3=O)C[C@@H](NS(C)(=O)=O)C4(F)F)noc2c1. The minimum atomic E-state index is -3.97. The van der Waals surface area contributed by atoms with Gasteiger partial charge < -0.3 is 4.52 Å². The first-order valence-electron chi connectivity index (χ1n) is 9.91. The third-order valence-corrected chi connectivity index (χ3v) is 6.35. The molecule has 0 radical (unpaired) electrons. The summed E-state index contributed by atoms with van der Waals surface area (Å²) in [4.78, 5) is 13.0. The molecule has 1 aliphatic rings. The normalized spacial score (nSPS) is 17.4. The monoisotopic (exact) mass is 496 g/mol. The standard InChI is InChI=1S/C21H16F4N4O4S/c1-10-6-11(17-12(22)4-3-5-13(17)23)18-14(7-10)33-26-19(18)29-9-16-21(24,25)15(27-34(2,31)32)8-28(16)20(29)30/h3-7,9,15,27H,8H2,1-2H3/t15-/m1/s1. The first-order chi connectivity index (χ1) is 15.9. The molecule has 0 unspecified atom stereocenters. The highest BCUT2D eigenvalue weighted by Gasteiger charge is 2.52. The number of hydrogen-bond donors (Lipinski definition) is 1. The highest BCUT2D eigenvalue weighted by atomic mass is 32.2. The second-order valence-corrected chi connectivity index (χ2v) is 9.91. The maximum absolute atomic E-state index is 14.9. The van der Waals surface area contributed by atoms with Gasteiger partial charge >= 0.3 is 11.6 Å². The molecule has 0 aliphatic carbocycles. The summed E-state index contributed by atoms with van der Waals surface area (Å²) < 4.78 is 90.7. The molecule has 3 heterocycles. The Balaban J connectivity index is 1.72. The van der Waals surface area contributed by atoms with Crippen LogP contribution < -0.4 is 10.4 Å². The Bertz CT molecular complexity index is 1620. The van der Waals surface area contributed by atoms with E-state index in [-0.39, 0.29) is 27.9 Å². The number of hydrogen-bond acceptors (Lipinski definition) is 5. The molecular formula is C21H16F4N4O4S. The van der Waals surface area contributed by atoms with E-state index in [0.29, 0.717) is 5.56 Å². The largest absolute Gasteiger partial charge is 0.354 e. The van der Waals surface area contributed by atoms with Crippen LogP contribution in [0.2, 0.25) is 0 Å². The van der Waals surface area contributed by atoms with E-state index < -0.39 is 51.6 Å². The first kappa shape index (κ1) is 22.3. The molecule has 0 amide bonds. The molecule has 1 atom stereocenters. The molecule has 0 spiro atoms. The summed E-state index contributed by atoms with van der Waals surface area (Å²) >= 11 is 0. The smallest absolute Gasteiger partial charge is 0.334 e. The maximum Gasteiger partial charge on any atom is 0.334 e. The van der Waals surface area contributed by atoms with Crippen molar-refractivity contribution in [3.05, 3.63) is 69.9 Å². The molecule has 1 N–H and O–H groups in total. The molecule has 0 saturated heterocycles. The molecule has 4 aromatic rings. The summed E-state index contributed by atoms with van der Waals surface area (Å²) in [6.45, 7) is 1.05. The summed E-state index contributed by atoms with van der Waals surface area (Å²) in [5.41, 5.74) is -1.36. The fraction of sp³-hybridized carbons (Fsp3) is 0.238. The number of nitrogens with one attached hydrogen (secondary N) is 1. The second kappa shape index (κ2) is 7.27. The molecule has 0 saturated carbocycles. The molecule has 8 nitrogen and oxygen atoms in total. The summed E-state index contributed by atoms with van der Waals surface area (Å²) in [6, 6.07) is 4.48. The van der Waals surface area contributed by atoms with Gasteiger partial charge in [-0.25, -0.2) is 31.3 Å². The van der Waals surface area contributed by atoms with Crippen LogP contribution in [-0.2, 0) is 22.5 Å². The zero-order valence-corrected chi connectivity index (χ0v) is 18.5. The fourth-order valence-corrected chi connectivity index (χ4v) is 4.97. The van der Waals surface area contributed by atoms with Crippen LogP contribution >= 0.6 is 0 Å². The minimum Gasteiger partial charge on any atom is -0.354 e. The highest BCUT2D eigenvalue weighted by molar-refractivity contribution is 7.88. The number of nitrogens with zero attached hydrogens (tertiary/aromatic N) is 3. The first-order valence-corrected chi connectivity index (χ1v) is 11.8. The Morgan fingerprint density at radius 2 is 1.88 bits per heavy atom. The van der Waals surface area contributed by atoms with E-state index in [1.165, 1.54) is 18.2 Å². The fourth-order valence-electron chi connectivity index (χ4n) is 4.23. The Kier molecular flexibility index (Phi) is 4.78. The van der Waals surface area contributed by atoms with Gasteiger partial charge in [-0.05, 0) is 30.7 Å². The van der Waals surface area contributed by atoms with Crippen LogP contribution in [0.25, 0.3) is 27.9 Å². The second-order valence-electron chi connectivity index (χ2n) is 8.13. The van der Waals surface area contributed by atoms with Gasteiger partial charge in [0.25, 0.3) is 0 Å². The van der Waals surface area contributed by atoms with Gasteiger partial charge in [0.1, 0.15) is 23.4 Å². The van der Waals surface area contributed by atoms with Crippen molar-refractivity contribution in [2.75, 3.05) is 6.26 Å². The summed E-state index contributed by atoms with van der Waals surface area (Å²) in [5, 5.41) is 3.88. The maximum atomic E-state index is 14.9. The predicted molar refractivity (Wildman–Crippen MR) is 113 cm³/mol. The van der Waals surface area contributed by atoms with E-state index in [4.69, 9.17) is 4.52 Å². The van der Waals surface area contributed by atoms with Gasteiger partial charge in [-0.2, -0.15) is 8.78 Å². The van der Waals surface area contributed by atoms with Crippen molar-refractivity contribution in [1.29, 1.82) is 0 Å². The molecule has 0 fully saturated rings. The van der Waals surface area contributed by atoms with E-state index in [1.807, 2.05) is 4.72 Å². The summed E-state index contributed by atoms with van der Waals surface area (Å²) in [5.74, 6) is -5.67. The van der Waals surface area contributed by atoms with Crippen molar-refractivity contribution < 1.29 is 30.5 Å². The number of rotatable bonds is 4. The van der Waals surface area contributed by atoms with E-state index in [0.717, 1.165) is 33.7 Å². The molecule has 5 rings (SSSR count). The number of aromatic nitrogens is 3. The number of alkyl halides is 2. The Hall–Kier alpha value is -3.45. The van der Waals surface area contributed by atoms with E-state index in [1.54, 1.807) is 6.92 Å². The third kappa shape index (κ3) is 3.34. The van der Waals surface area contributed by atoms with Crippen LogP contribution in [-0.4, -0.2) is 35.0 Å². The number of fused-ring (bicyclic) bond motifs is 2. The lowest BCUT2D eigenvalue weighted by molar-refractivity contribution is -0.0248. The van der Waals surface area contributed by atoms with E-state index in [2.05, 4.69) is 5.16 Å². The Labute approximate surface area is 189 Å². The summed E-state index contributed by atoms with van der Waals surface area (Å²) in [7, 11) is -3.97. The van der Waals surface area contributed by atoms with Gasteiger partial charge in [0.05, 0.1) is 23.8 Å². The Morgan fingerprint density at radius 1 is 1.21 bits per heavy atom. The molecule has 1 aliphatic heterocycles. The van der Waals surface area contributed by atoms with Gasteiger partial charge in [0.15, 0.2) is 11.4 Å². The van der Waals surface area contributed by atoms with Crippen molar-refractivity contribution in [3.8, 4) is 16.9 Å². The van der Waals surface area contributed by atoms with Crippen LogP contribution in [0, 0.1) is 18.6 Å². The van der Waals surface area contributed by atoms with Crippen molar-refractivity contribution in [2.45, 2.75) is 25.4 Å². The zero-order valence-electron chi connectivity index (χ0n) is 17.6. The van der Waals surface area contributed by atoms with Crippen molar-refractivity contribution in [1.82, 2.24) is 19.0 Å². The molecule has 13 heteroatoms. The quantitative estimate of drug-likeness (QED) is 0.438. The Morgan fingerprint density at radius 3 is 2.50 bits per heavy atom. The number of sulfonamides is 1. The molecular weight excluding hydrogens is 480 g/mol. The third-order valence-electron chi connectivity index (χ3n) is 5.64. The number of aryl methyl sites for hydroxylation is 1. The zero-order chi connectivity index (χ0) is 24.6. The average Bonchev–Trinajstić information content (AvgIpc) is 3.34. The van der Waals surface area contributed by atoms with Gasteiger partial charge in [0.2, 0.25) is 10.0 Å². The lowest BCUT2D eigenvalue weighted by Crippen LogP contribution is -2.44. The molecule has 2 aromatic heterocycles. The van der Waals surface area contributed by atoms with Crippen LogP contribution in [0.5, 0.6) is 0 Å². The molecule has 0 bridgehead atoms. The van der Waals surface area contributed by atoms with Gasteiger partial charge in [-0.3, -0.25) is 4.57 Å². The lowest BCUT2D eigenvalue weighted by atomic mass is 9.98. The average molecular weight is 496 g/mol. The number of halogens is 4. The lowest BCUT2D eigenvalue weighted by Gasteiger charge is -2.18. The van der Waals surface area contributed by atoms with Crippen molar-refractivity contribution >= 4 is 21.0 Å². The molecule has 178 valence electrons. The van der Waals surface area contributed by atoms with Crippen molar-refractivity contribution in [2.24, 2.45) is 0 Å². The van der Waals surface area contributed by atoms with Gasteiger partial charge in [0, 0.05) is 11.8 Å². The number of benzene rings is 2.